The number of carbonyl (C=O) groups is 1. The van der Waals surface area contributed by atoms with Gasteiger partial charge in [0.05, 0.1) is 0 Å². The van der Waals surface area contributed by atoms with Crippen molar-refractivity contribution in [2.45, 2.75) is 77.0 Å². The molecule has 0 aromatic carbocycles. The SMILES string of the molecule is O=C(O)CCCCCCC[C@@H]1C[C@H]2[C@H]3CCC[C@H]3C[C@@H]12. The first-order valence-corrected chi connectivity index (χ1v) is 8.97. The molecule has 3 aliphatic rings. The molecule has 3 fully saturated rings. The van der Waals surface area contributed by atoms with Crippen LogP contribution in [0.2, 0.25) is 0 Å². The molecule has 2 nitrogen and oxygen atoms in total. The van der Waals surface area contributed by atoms with Gasteiger partial charge in [-0.1, -0.05) is 44.9 Å². The second-order valence-corrected chi connectivity index (χ2v) is 7.61. The lowest BCUT2D eigenvalue weighted by atomic mass is 9.62. The van der Waals surface area contributed by atoms with Crippen LogP contribution in [0.5, 0.6) is 0 Å². The van der Waals surface area contributed by atoms with E-state index >= 15 is 0 Å². The topological polar surface area (TPSA) is 37.3 Å². The molecule has 1 N–H and O–H groups in total. The zero-order valence-corrected chi connectivity index (χ0v) is 12.7. The van der Waals surface area contributed by atoms with Crippen LogP contribution in [0.1, 0.15) is 77.0 Å². The van der Waals surface area contributed by atoms with E-state index in [2.05, 4.69) is 0 Å². The van der Waals surface area contributed by atoms with Crippen LogP contribution in [0.25, 0.3) is 0 Å². The van der Waals surface area contributed by atoms with Gasteiger partial charge in [-0.25, -0.2) is 0 Å². The molecule has 0 bridgehead atoms. The van der Waals surface area contributed by atoms with Crippen molar-refractivity contribution in [1.82, 2.24) is 0 Å². The first kappa shape index (κ1) is 14.4. The summed E-state index contributed by atoms with van der Waals surface area (Å²) in [6.07, 6.45) is 15.4. The van der Waals surface area contributed by atoms with Crippen molar-refractivity contribution in [3.63, 3.8) is 0 Å². The Hall–Kier alpha value is -0.530. The summed E-state index contributed by atoms with van der Waals surface area (Å²) in [7, 11) is 0. The number of fused-ring (bicyclic) bond motifs is 3. The fourth-order valence-corrected chi connectivity index (χ4v) is 5.53. The number of aliphatic carboxylic acids is 1. The summed E-state index contributed by atoms with van der Waals surface area (Å²) in [6, 6.07) is 0. The van der Waals surface area contributed by atoms with Crippen LogP contribution in [0.3, 0.4) is 0 Å². The smallest absolute Gasteiger partial charge is 0.303 e. The van der Waals surface area contributed by atoms with Gasteiger partial charge in [0, 0.05) is 6.42 Å². The highest BCUT2D eigenvalue weighted by Crippen LogP contribution is 2.62. The highest BCUT2D eigenvalue weighted by atomic mass is 16.4. The molecule has 0 spiro atoms. The number of carboxylic acids is 1. The predicted molar refractivity (Wildman–Crippen MR) is 80.5 cm³/mol. The molecule has 0 unspecified atom stereocenters. The first-order valence-electron chi connectivity index (χ1n) is 8.97. The van der Waals surface area contributed by atoms with E-state index in [-0.39, 0.29) is 0 Å². The lowest BCUT2D eigenvalue weighted by molar-refractivity contribution is -0.137. The van der Waals surface area contributed by atoms with Gasteiger partial charge in [0.2, 0.25) is 0 Å². The largest absolute Gasteiger partial charge is 0.481 e. The molecule has 0 aromatic rings. The predicted octanol–water partition coefficient (Wildman–Crippen LogP) is 4.87. The lowest BCUT2D eigenvalue weighted by Gasteiger charge is -2.43. The maximum absolute atomic E-state index is 10.4. The molecule has 20 heavy (non-hydrogen) atoms. The fraction of sp³-hybridized carbons (Fsp3) is 0.944. The molecule has 3 aliphatic carbocycles. The molecular weight excluding hydrogens is 248 g/mol. The van der Waals surface area contributed by atoms with Crippen molar-refractivity contribution < 1.29 is 9.90 Å². The Labute approximate surface area is 123 Å². The average molecular weight is 278 g/mol. The summed E-state index contributed by atoms with van der Waals surface area (Å²) in [5, 5.41) is 8.58. The summed E-state index contributed by atoms with van der Waals surface area (Å²) in [5.74, 6) is 4.90. The molecule has 0 amide bonds. The second-order valence-electron chi connectivity index (χ2n) is 7.61. The Morgan fingerprint density at radius 2 is 1.70 bits per heavy atom. The second kappa shape index (κ2) is 6.49. The highest BCUT2D eigenvalue weighted by molar-refractivity contribution is 5.66. The Morgan fingerprint density at radius 3 is 2.55 bits per heavy atom. The van der Waals surface area contributed by atoms with Gasteiger partial charge in [0.1, 0.15) is 0 Å². The Bertz CT molecular complexity index is 338. The highest BCUT2D eigenvalue weighted by Gasteiger charge is 2.53. The summed E-state index contributed by atoms with van der Waals surface area (Å²) < 4.78 is 0. The molecule has 3 saturated carbocycles. The van der Waals surface area contributed by atoms with E-state index in [1.807, 2.05) is 0 Å². The minimum absolute atomic E-state index is 0.356. The molecule has 5 atom stereocenters. The quantitative estimate of drug-likeness (QED) is 0.643. The van der Waals surface area contributed by atoms with Gasteiger partial charge in [-0.3, -0.25) is 4.79 Å². The number of hydrogen-bond acceptors (Lipinski definition) is 1. The maximum Gasteiger partial charge on any atom is 0.303 e. The normalized spacial score (nSPS) is 38.3. The van der Waals surface area contributed by atoms with Crippen LogP contribution in [-0.2, 0) is 4.79 Å². The van der Waals surface area contributed by atoms with Crippen LogP contribution >= 0.6 is 0 Å². The van der Waals surface area contributed by atoms with Crippen molar-refractivity contribution in [3.8, 4) is 0 Å². The molecule has 114 valence electrons. The Balaban J connectivity index is 1.24. The van der Waals surface area contributed by atoms with E-state index in [4.69, 9.17) is 5.11 Å². The van der Waals surface area contributed by atoms with Crippen molar-refractivity contribution in [3.05, 3.63) is 0 Å². The van der Waals surface area contributed by atoms with E-state index in [0.29, 0.717) is 6.42 Å². The summed E-state index contributed by atoms with van der Waals surface area (Å²) in [5.41, 5.74) is 0. The van der Waals surface area contributed by atoms with Crippen LogP contribution in [-0.4, -0.2) is 11.1 Å². The zero-order chi connectivity index (χ0) is 13.9. The van der Waals surface area contributed by atoms with Crippen LogP contribution in [0.15, 0.2) is 0 Å². The van der Waals surface area contributed by atoms with Gasteiger partial charge in [0.15, 0.2) is 0 Å². The van der Waals surface area contributed by atoms with E-state index in [9.17, 15) is 4.79 Å². The minimum Gasteiger partial charge on any atom is -0.481 e. The van der Waals surface area contributed by atoms with E-state index in [0.717, 1.165) is 42.4 Å². The summed E-state index contributed by atoms with van der Waals surface area (Å²) in [4.78, 5) is 10.4. The lowest BCUT2D eigenvalue weighted by Crippen LogP contribution is -2.35. The molecule has 2 heteroatoms. The van der Waals surface area contributed by atoms with Crippen molar-refractivity contribution in [1.29, 1.82) is 0 Å². The van der Waals surface area contributed by atoms with E-state index in [1.54, 1.807) is 19.3 Å². The van der Waals surface area contributed by atoms with E-state index < -0.39 is 5.97 Å². The van der Waals surface area contributed by atoms with E-state index in [1.165, 1.54) is 38.5 Å². The van der Waals surface area contributed by atoms with Crippen molar-refractivity contribution in [2.75, 3.05) is 0 Å². The zero-order valence-electron chi connectivity index (χ0n) is 12.7. The Morgan fingerprint density at radius 1 is 0.900 bits per heavy atom. The molecule has 0 saturated heterocycles. The fourth-order valence-electron chi connectivity index (χ4n) is 5.53. The third kappa shape index (κ3) is 3.04. The molecular formula is C18H30O2. The van der Waals surface area contributed by atoms with Crippen LogP contribution in [0.4, 0.5) is 0 Å². The molecule has 0 aliphatic heterocycles. The third-order valence-corrected chi connectivity index (χ3v) is 6.54. The summed E-state index contributed by atoms with van der Waals surface area (Å²) >= 11 is 0. The molecule has 3 rings (SSSR count). The standard InChI is InChI=1S/C18H30O2/c19-18(20)10-5-3-1-2-4-7-14-12-17-15-9-6-8-13(15)11-16(14)17/h13-17H,1-12H2,(H,19,20)/t13-,14+,15-,16-,17-/m0/s1. The number of hydrogen-bond donors (Lipinski definition) is 1. The first-order chi connectivity index (χ1) is 9.75. The average Bonchev–Trinajstić information content (AvgIpc) is 2.93. The number of rotatable bonds is 8. The van der Waals surface area contributed by atoms with Crippen LogP contribution in [0, 0.1) is 29.6 Å². The van der Waals surface area contributed by atoms with Gasteiger partial charge in [-0.2, -0.15) is 0 Å². The van der Waals surface area contributed by atoms with Gasteiger partial charge in [-0.05, 0) is 55.3 Å². The maximum atomic E-state index is 10.4. The molecule has 0 radical (unpaired) electrons. The van der Waals surface area contributed by atoms with Crippen LogP contribution < -0.4 is 0 Å². The number of unbranched alkanes of at least 4 members (excludes halogenated alkanes) is 4. The third-order valence-electron chi connectivity index (χ3n) is 6.54. The van der Waals surface area contributed by atoms with Gasteiger partial charge >= 0.3 is 5.97 Å². The van der Waals surface area contributed by atoms with Crippen molar-refractivity contribution in [2.24, 2.45) is 29.6 Å². The minimum atomic E-state index is -0.641. The number of carboxylic acid groups (broad SMARTS) is 1. The monoisotopic (exact) mass is 278 g/mol. The summed E-state index contributed by atoms with van der Waals surface area (Å²) in [6.45, 7) is 0. The molecule has 0 heterocycles. The Kier molecular flexibility index (Phi) is 4.68. The van der Waals surface area contributed by atoms with Crippen molar-refractivity contribution >= 4 is 5.97 Å². The van der Waals surface area contributed by atoms with Gasteiger partial charge in [-0.15, -0.1) is 0 Å². The van der Waals surface area contributed by atoms with Gasteiger partial charge in [0.25, 0.3) is 0 Å². The van der Waals surface area contributed by atoms with Gasteiger partial charge < -0.3 is 5.11 Å². The molecule has 0 aromatic heterocycles.